The van der Waals surface area contributed by atoms with E-state index in [9.17, 15) is 4.39 Å². The summed E-state index contributed by atoms with van der Waals surface area (Å²) in [5.41, 5.74) is 5.69. The van der Waals surface area contributed by atoms with Gasteiger partial charge in [-0.3, -0.25) is 0 Å². The second-order valence-corrected chi connectivity index (χ2v) is 9.03. The normalized spacial score (nSPS) is 15.2. The zero-order valence-electron chi connectivity index (χ0n) is 19.2. The molecule has 1 N–H and O–H groups in total. The van der Waals surface area contributed by atoms with E-state index in [4.69, 9.17) is 4.74 Å². The summed E-state index contributed by atoms with van der Waals surface area (Å²) in [6.45, 7) is 3.39. The Morgan fingerprint density at radius 2 is 1.79 bits per heavy atom. The van der Waals surface area contributed by atoms with Crippen molar-refractivity contribution < 1.29 is 9.13 Å². The molecule has 0 unspecified atom stereocenters. The molecule has 3 nitrogen and oxygen atoms in total. The Hall–Kier alpha value is -3.11. The Bertz CT molecular complexity index is 1210. The number of aryl methyl sites for hydroxylation is 1. The molecule has 0 aliphatic carbocycles. The third kappa shape index (κ3) is 4.81. The fourth-order valence-corrected chi connectivity index (χ4v) is 5.20. The van der Waals surface area contributed by atoms with Crippen LogP contribution in [0, 0.1) is 5.82 Å². The first kappa shape index (κ1) is 21.7. The number of ether oxygens (including phenoxy) is 1. The zero-order chi connectivity index (χ0) is 22.6. The number of rotatable bonds is 7. The van der Waals surface area contributed by atoms with Crippen molar-refractivity contribution in [2.75, 3.05) is 26.7 Å². The van der Waals surface area contributed by atoms with Gasteiger partial charge in [-0.15, -0.1) is 0 Å². The molecular weight excluding hydrogens is 411 g/mol. The number of nitrogens with one attached hydrogen (secondary N) is 1. The first-order valence-corrected chi connectivity index (χ1v) is 11.9. The number of fused-ring (bicyclic) bond motifs is 1. The van der Waals surface area contributed by atoms with Crippen molar-refractivity contribution in [2.45, 2.75) is 31.6 Å². The van der Waals surface area contributed by atoms with Crippen LogP contribution in [0.25, 0.3) is 22.2 Å². The van der Waals surface area contributed by atoms with E-state index >= 15 is 0 Å². The summed E-state index contributed by atoms with van der Waals surface area (Å²) < 4.78 is 19.4. The van der Waals surface area contributed by atoms with Crippen LogP contribution in [-0.2, 0) is 6.42 Å². The highest BCUT2D eigenvalue weighted by atomic mass is 19.1. The SMILES string of the molecule is COc1ccc2[nH]c(-c3cccc(F)c3)c(CCCN3CCC(c4ccccc4)CC3)c2c1. The Kier molecular flexibility index (Phi) is 6.45. The van der Waals surface area contributed by atoms with Crippen LogP contribution in [0.5, 0.6) is 5.75 Å². The number of H-pyrrole nitrogens is 1. The lowest BCUT2D eigenvalue weighted by Gasteiger charge is -2.32. The monoisotopic (exact) mass is 442 g/mol. The van der Waals surface area contributed by atoms with Crippen molar-refractivity contribution in [3.05, 3.63) is 89.7 Å². The van der Waals surface area contributed by atoms with E-state index in [-0.39, 0.29) is 5.82 Å². The molecule has 170 valence electrons. The van der Waals surface area contributed by atoms with Gasteiger partial charge in [0.15, 0.2) is 0 Å². The maximum Gasteiger partial charge on any atom is 0.123 e. The molecule has 0 atom stereocenters. The molecule has 0 bridgehead atoms. The van der Waals surface area contributed by atoms with Crippen LogP contribution >= 0.6 is 0 Å². The maximum atomic E-state index is 14.0. The first-order chi connectivity index (χ1) is 16.2. The number of methoxy groups -OCH3 is 1. The van der Waals surface area contributed by atoms with E-state index in [1.54, 1.807) is 19.2 Å². The van der Waals surface area contributed by atoms with Crippen LogP contribution in [0.1, 0.15) is 36.3 Å². The molecular formula is C29H31FN2O. The molecule has 4 heteroatoms. The lowest BCUT2D eigenvalue weighted by Crippen LogP contribution is -2.33. The van der Waals surface area contributed by atoms with Crippen molar-refractivity contribution in [3.63, 3.8) is 0 Å². The average molecular weight is 443 g/mol. The summed E-state index contributed by atoms with van der Waals surface area (Å²) >= 11 is 0. The minimum atomic E-state index is -0.212. The van der Waals surface area contributed by atoms with Crippen LogP contribution in [0.2, 0.25) is 0 Å². The summed E-state index contributed by atoms with van der Waals surface area (Å²) in [4.78, 5) is 6.13. The number of aromatic nitrogens is 1. The molecule has 1 aliphatic rings. The molecule has 2 heterocycles. The molecule has 3 aromatic carbocycles. The van der Waals surface area contributed by atoms with Gasteiger partial charge in [0.05, 0.1) is 7.11 Å². The van der Waals surface area contributed by atoms with Gasteiger partial charge in [0.25, 0.3) is 0 Å². The fraction of sp³-hybridized carbons (Fsp3) is 0.310. The predicted molar refractivity (Wildman–Crippen MR) is 133 cm³/mol. The molecule has 1 saturated heterocycles. The summed E-state index contributed by atoms with van der Waals surface area (Å²) in [5, 5.41) is 1.16. The molecule has 1 aliphatic heterocycles. The summed E-state index contributed by atoms with van der Waals surface area (Å²) in [7, 11) is 1.69. The van der Waals surface area contributed by atoms with Crippen LogP contribution in [0.3, 0.4) is 0 Å². The molecule has 5 rings (SSSR count). The van der Waals surface area contributed by atoms with Crippen molar-refractivity contribution >= 4 is 10.9 Å². The van der Waals surface area contributed by atoms with Crippen LogP contribution < -0.4 is 4.74 Å². The molecule has 1 fully saturated rings. The van der Waals surface area contributed by atoms with Crippen molar-refractivity contribution in [1.29, 1.82) is 0 Å². The second kappa shape index (κ2) is 9.80. The molecule has 0 radical (unpaired) electrons. The molecule has 4 aromatic rings. The van der Waals surface area contributed by atoms with E-state index in [1.165, 1.54) is 30.0 Å². The largest absolute Gasteiger partial charge is 0.497 e. The summed E-state index contributed by atoms with van der Waals surface area (Å²) in [5.74, 6) is 1.32. The third-order valence-corrected chi connectivity index (χ3v) is 6.99. The number of likely N-dealkylation sites (tertiary alicyclic amines) is 1. The van der Waals surface area contributed by atoms with Gasteiger partial charge in [-0.1, -0.05) is 42.5 Å². The number of hydrogen-bond acceptors (Lipinski definition) is 2. The standard InChI is InChI=1S/C29H31FN2O/c1-33-25-12-13-28-27(20-25)26(29(31-28)23-9-5-10-24(30)19-23)11-6-16-32-17-14-22(15-18-32)21-7-3-2-4-8-21/h2-5,7-10,12-13,19-20,22,31H,6,11,14-18H2,1H3. The third-order valence-electron chi connectivity index (χ3n) is 6.99. The van der Waals surface area contributed by atoms with Gasteiger partial charge < -0.3 is 14.6 Å². The topological polar surface area (TPSA) is 28.3 Å². The van der Waals surface area contributed by atoms with Crippen LogP contribution in [-0.4, -0.2) is 36.6 Å². The molecule has 0 saturated carbocycles. The minimum absolute atomic E-state index is 0.212. The highest BCUT2D eigenvalue weighted by Crippen LogP contribution is 2.34. The molecule has 33 heavy (non-hydrogen) atoms. The van der Waals surface area contributed by atoms with E-state index < -0.39 is 0 Å². The predicted octanol–water partition coefficient (Wildman–Crippen LogP) is 6.79. The van der Waals surface area contributed by atoms with E-state index in [2.05, 4.69) is 52.3 Å². The number of benzene rings is 3. The summed E-state index contributed by atoms with van der Waals surface area (Å²) in [6, 6.07) is 23.9. The Labute approximate surface area is 195 Å². The number of halogens is 1. The zero-order valence-corrected chi connectivity index (χ0v) is 19.2. The van der Waals surface area contributed by atoms with Gasteiger partial charge in [-0.25, -0.2) is 4.39 Å². The second-order valence-electron chi connectivity index (χ2n) is 9.03. The van der Waals surface area contributed by atoms with Crippen molar-refractivity contribution in [2.24, 2.45) is 0 Å². The summed E-state index contributed by atoms with van der Waals surface area (Å²) in [6.07, 6.45) is 4.46. The van der Waals surface area contributed by atoms with Gasteiger partial charge in [0.2, 0.25) is 0 Å². The maximum absolute atomic E-state index is 14.0. The van der Waals surface area contributed by atoms with Crippen LogP contribution in [0.15, 0.2) is 72.8 Å². The number of piperidine rings is 1. The lowest BCUT2D eigenvalue weighted by atomic mass is 9.89. The molecule has 1 aromatic heterocycles. The van der Waals surface area contributed by atoms with Crippen molar-refractivity contribution in [3.8, 4) is 17.0 Å². The van der Waals surface area contributed by atoms with Crippen LogP contribution in [0.4, 0.5) is 4.39 Å². The van der Waals surface area contributed by atoms with E-state index in [0.717, 1.165) is 60.4 Å². The Morgan fingerprint density at radius 1 is 0.970 bits per heavy atom. The quantitative estimate of drug-likeness (QED) is 0.341. The molecule has 0 spiro atoms. The smallest absolute Gasteiger partial charge is 0.123 e. The number of aromatic amines is 1. The Balaban J connectivity index is 1.30. The van der Waals surface area contributed by atoms with Gasteiger partial charge in [0.1, 0.15) is 11.6 Å². The van der Waals surface area contributed by atoms with E-state index in [1.807, 2.05) is 12.1 Å². The number of nitrogens with zero attached hydrogens (tertiary/aromatic N) is 1. The van der Waals surface area contributed by atoms with Gasteiger partial charge in [-0.05, 0) is 92.7 Å². The van der Waals surface area contributed by atoms with Gasteiger partial charge in [-0.2, -0.15) is 0 Å². The highest BCUT2D eigenvalue weighted by Gasteiger charge is 2.21. The van der Waals surface area contributed by atoms with E-state index in [0.29, 0.717) is 5.92 Å². The van der Waals surface area contributed by atoms with Crippen molar-refractivity contribution in [1.82, 2.24) is 9.88 Å². The fourth-order valence-electron chi connectivity index (χ4n) is 5.20. The first-order valence-electron chi connectivity index (χ1n) is 11.9. The van der Waals surface area contributed by atoms with Gasteiger partial charge in [0, 0.05) is 22.2 Å². The lowest BCUT2D eigenvalue weighted by molar-refractivity contribution is 0.210. The average Bonchev–Trinajstić information content (AvgIpc) is 3.23. The molecule has 0 amide bonds. The Morgan fingerprint density at radius 3 is 2.55 bits per heavy atom. The van der Waals surface area contributed by atoms with Gasteiger partial charge >= 0.3 is 0 Å². The highest BCUT2D eigenvalue weighted by molar-refractivity contribution is 5.91. The number of hydrogen-bond donors (Lipinski definition) is 1. The minimum Gasteiger partial charge on any atom is -0.497 e.